The molecule has 1 aliphatic carbocycles. The first kappa shape index (κ1) is 21.7. The van der Waals surface area contributed by atoms with Crippen LogP contribution in [0.3, 0.4) is 0 Å². The summed E-state index contributed by atoms with van der Waals surface area (Å²) >= 11 is 0. The van der Waals surface area contributed by atoms with Gasteiger partial charge in [0, 0.05) is 11.6 Å². The van der Waals surface area contributed by atoms with Crippen molar-refractivity contribution in [2.24, 2.45) is 0 Å². The summed E-state index contributed by atoms with van der Waals surface area (Å²) in [5.74, 6) is -0.0108. The number of benzene rings is 1. The normalized spacial score (nSPS) is 16.7. The molecule has 0 aromatic heterocycles. The zero-order chi connectivity index (χ0) is 20.9. The molecule has 0 saturated carbocycles. The fourth-order valence-electron chi connectivity index (χ4n) is 3.58. The van der Waals surface area contributed by atoms with Crippen molar-refractivity contribution in [1.82, 2.24) is 0 Å². The third kappa shape index (κ3) is 5.03. The Kier molecular flexibility index (Phi) is 7.06. The van der Waals surface area contributed by atoms with Crippen molar-refractivity contribution in [3.05, 3.63) is 64.8 Å². The number of rotatable bonds is 7. The van der Waals surface area contributed by atoms with Crippen LogP contribution in [-0.2, 0) is 10.2 Å². The van der Waals surface area contributed by atoms with Crippen LogP contribution >= 0.6 is 0 Å². The van der Waals surface area contributed by atoms with Gasteiger partial charge in [-0.2, -0.15) is 0 Å². The molecule has 0 unspecified atom stereocenters. The van der Waals surface area contributed by atoms with Crippen LogP contribution < -0.4 is 4.74 Å². The van der Waals surface area contributed by atoms with E-state index in [-0.39, 0.29) is 5.41 Å². The van der Waals surface area contributed by atoms with E-state index in [0.717, 1.165) is 24.2 Å². The zero-order valence-electron chi connectivity index (χ0n) is 17.9. The molecule has 1 aromatic carbocycles. The van der Waals surface area contributed by atoms with Gasteiger partial charge >= 0.3 is 5.97 Å². The summed E-state index contributed by atoms with van der Waals surface area (Å²) in [5.41, 5.74) is 7.01. The molecule has 0 bridgehead atoms. The number of carbonyl (C=O) groups is 1. The Morgan fingerprint density at radius 2 is 2.00 bits per heavy atom. The molecule has 3 heteroatoms. The largest absolute Gasteiger partial charge is 0.493 e. The van der Waals surface area contributed by atoms with E-state index in [1.807, 2.05) is 19.1 Å². The third-order valence-corrected chi connectivity index (χ3v) is 5.23. The molecule has 0 fully saturated rings. The first-order chi connectivity index (χ1) is 13.2. The van der Waals surface area contributed by atoms with Gasteiger partial charge in [0.2, 0.25) is 0 Å². The minimum absolute atomic E-state index is 0.0912. The summed E-state index contributed by atoms with van der Waals surface area (Å²) in [6.07, 6.45) is 11.2. The van der Waals surface area contributed by atoms with Gasteiger partial charge in [-0.15, -0.1) is 0 Å². The van der Waals surface area contributed by atoms with Gasteiger partial charge in [0.1, 0.15) is 5.75 Å². The molecule has 0 aliphatic heterocycles. The van der Waals surface area contributed by atoms with E-state index in [4.69, 9.17) is 9.84 Å². The van der Waals surface area contributed by atoms with Crippen molar-refractivity contribution in [2.45, 2.75) is 59.8 Å². The fraction of sp³-hybridized carbons (Fsp3) is 0.400. The molecule has 3 nitrogen and oxygen atoms in total. The molecular formula is C25H32O3. The molecule has 150 valence electrons. The highest BCUT2D eigenvalue weighted by molar-refractivity contribution is 5.81. The molecule has 0 amide bonds. The van der Waals surface area contributed by atoms with E-state index in [1.54, 1.807) is 6.92 Å². The quantitative estimate of drug-likeness (QED) is 0.431. The van der Waals surface area contributed by atoms with Crippen molar-refractivity contribution < 1.29 is 14.6 Å². The number of hydrogen-bond acceptors (Lipinski definition) is 2. The van der Waals surface area contributed by atoms with E-state index < -0.39 is 5.97 Å². The van der Waals surface area contributed by atoms with Crippen LogP contribution in [0.5, 0.6) is 5.75 Å². The van der Waals surface area contributed by atoms with Gasteiger partial charge in [-0.3, -0.25) is 0 Å². The molecule has 1 aromatic rings. The number of ether oxygens (including phenoxy) is 1. The zero-order valence-corrected chi connectivity index (χ0v) is 17.9. The minimum atomic E-state index is -0.931. The maximum atomic E-state index is 10.8. The Morgan fingerprint density at radius 3 is 2.61 bits per heavy atom. The number of carboxylic acid groups (broad SMARTS) is 1. The Morgan fingerprint density at radius 1 is 1.29 bits per heavy atom. The number of hydrogen-bond donors (Lipinski definition) is 1. The molecule has 0 spiro atoms. The van der Waals surface area contributed by atoms with Crippen molar-refractivity contribution in [3.8, 4) is 5.75 Å². The van der Waals surface area contributed by atoms with Crippen molar-refractivity contribution >= 4 is 17.1 Å². The summed E-state index contributed by atoms with van der Waals surface area (Å²) in [5, 5.41) is 8.84. The molecule has 1 aliphatic rings. The van der Waals surface area contributed by atoms with E-state index in [1.165, 1.54) is 28.3 Å². The number of fused-ring (bicyclic) bond motifs is 1. The SMILES string of the molecule is CCOc1cc2c(cc1\C(=C/C=C/C(C)=C/C(=O)O)CC)C(C)=CCC2(C)C. The Labute approximate surface area is 169 Å². The summed E-state index contributed by atoms with van der Waals surface area (Å²) in [7, 11) is 0. The van der Waals surface area contributed by atoms with Crippen molar-refractivity contribution in [3.63, 3.8) is 0 Å². The van der Waals surface area contributed by atoms with Gasteiger partial charge < -0.3 is 9.84 Å². The highest BCUT2D eigenvalue weighted by atomic mass is 16.5. The van der Waals surface area contributed by atoms with E-state index >= 15 is 0 Å². The second-order valence-corrected chi connectivity index (χ2v) is 7.93. The number of aliphatic carboxylic acids is 1. The molecule has 0 atom stereocenters. The lowest BCUT2D eigenvalue weighted by molar-refractivity contribution is -0.131. The maximum absolute atomic E-state index is 10.8. The minimum Gasteiger partial charge on any atom is -0.493 e. The molecule has 0 saturated heterocycles. The van der Waals surface area contributed by atoms with E-state index in [2.05, 4.69) is 52.0 Å². The third-order valence-electron chi connectivity index (χ3n) is 5.23. The summed E-state index contributed by atoms with van der Waals surface area (Å²) < 4.78 is 6.02. The second-order valence-electron chi connectivity index (χ2n) is 7.93. The van der Waals surface area contributed by atoms with Gasteiger partial charge in [-0.05, 0) is 79.0 Å². The average Bonchev–Trinajstić information content (AvgIpc) is 2.62. The second kappa shape index (κ2) is 9.09. The smallest absolute Gasteiger partial charge is 0.328 e. The van der Waals surface area contributed by atoms with Gasteiger partial charge in [0.15, 0.2) is 0 Å². The highest BCUT2D eigenvalue weighted by Crippen LogP contribution is 2.43. The lowest BCUT2D eigenvalue weighted by Crippen LogP contribution is -2.21. The van der Waals surface area contributed by atoms with Gasteiger partial charge in [-0.1, -0.05) is 45.1 Å². The topological polar surface area (TPSA) is 46.5 Å². The predicted molar refractivity (Wildman–Crippen MR) is 118 cm³/mol. The Balaban J connectivity index is 2.54. The number of allylic oxidation sites excluding steroid dienone is 7. The molecule has 0 radical (unpaired) electrons. The van der Waals surface area contributed by atoms with Gasteiger partial charge in [-0.25, -0.2) is 4.79 Å². The summed E-state index contributed by atoms with van der Waals surface area (Å²) in [6.45, 7) is 13.3. The monoisotopic (exact) mass is 380 g/mol. The molecule has 1 N–H and O–H groups in total. The van der Waals surface area contributed by atoms with Crippen LogP contribution in [0.4, 0.5) is 0 Å². The molecule has 2 rings (SSSR count). The lowest BCUT2D eigenvalue weighted by atomic mass is 9.72. The van der Waals surface area contributed by atoms with Crippen LogP contribution in [0, 0.1) is 0 Å². The average molecular weight is 381 g/mol. The Hall–Kier alpha value is -2.55. The van der Waals surface area contributed by atoms with Crippen LogP contribution in [0.1, 0.15) is 71.1 Å². The standard InChI is InChI=1S/C25H32O3/c1-7-19(11-9-10-17(3)14-24(26)27)21-15-20-18(4)12-13-25(5,6)22(20)16-23(21)28-8-2/h9-12,14-16H,7-8,13H2,1-6H3,(H,26,27)/b10-9+,17-14+,19-11-. The van der Waals surface area contributed by atoms with Crippen molar-refractivity contribution in [2.75, 3.05) is 6.61 Å². The fourth-order valence-corrected chi connectivity index (χ4v) is 3.58. The summed E-state index contributed by atoms with van der Waals surface area (Å²) in [4.78, 5) is 10.8. The van der Waals surface area contributed by atoms with Gasteiger partial charge in [0.05, 0.1) is 6.61 Å². The highest BCUT2D eigenvalue weighted by Gasteiger charge is 2.28. The lowest BCUT2D eigenvalue weighted by Gasteiger charge is -2.32. The van der Waals surface area contributed by atoms with E-state index in [9.17, 15) is 4.79 Å². The Bertz CT molecular complexity index is 864. The maximum Gasteiger partial charge on any atom is 0.328 e. The van der Waals surface area contributed by atoms with Gasteiger partial charge in [0.25, 0.3) is 0 Å². The van der Waals surface area contributed by atoms with Crippen LogP contribution in [-0.4, -0.2) is 17.7 Å². The van der Waals surface area contributed by atoms with Crippen LogP contribution in [0.2, 0.25) is 0 Å². The first-order valence-electron chi connectivity index (χ1n) is 9.96. The van der Waals surface area contributed by atoms with Crippen molar-refractivity contribution in [1.29, 1.82) is 0 Å². The molecule has 28 heavy (non-hydrogen) atoms. The van der Waals surface area contributed by atoms with E-state index in [0.29, 0.717) is 12.2 Å². The molecule has 0 heterocycles. The van der Waals surface area contributed by atoms with Crippen LogP contribution in [0.15, 0.2) is 48.1 Å². The van der Waals surface area contributed by atoms with Crippen LogP contribution in [0.25, 0.3) is 11.1 Å². The predicted octanol–water partition coefficient (Wildman–Crippen LogP) is 6.55. The molecular weight excluding hydrogens is 348 g/mol. The summed E-state index contributed by atoms with van der Waals surface area (Å²) in [6, 6.07) is 4.48. The first-order valence-corrected chi connectivity index (χ1v) is 9.96. The number of carboxylic acids is 1.